The number of fused-ring (bicyclic) bond motifs is 1. The molecule has 2 heterocycles. The van der Waals surface area contributed by atoms with E-state index in [2.05, 4.69) is 4.99 Å². The maximum absolute atomic E-state index is 11.7. The molecule has 0 fully saturated rings. The van der Waals surface area contributed by atoms with Crippen LogP contribution in [0.15, 0.2) is 40.9 Å². The van der Waals surface area contributed by atoms with Crippen molar-refractivity contribution in [2.24, 2.45) is 4.99 Å². The molecule has 3 rings (SSSR count). The number of carboxylic acids is 2. The van der Waals surface area contributed by atoms with Crippen molar-refractivity contribution in [1.82, 2.24) is 4.90 Å². The summed E-state index contributed by atoms with van der Waals surface area (Å²) in [4.78, 5) is 28.4. The van der Waals surface area contributed by atoms with Crippen molar-refractivity contribution in [2.45, 2.75) is 12.1 Å². The molecule has 2 N–H and O–H groups in total. The van der Waals surface area contributed by atoms with Gasteiger partial charge in [-0.15, -0.1) is 0 Å². The Bertz CT molecular complexity index is 670. The largest absolute Gasteiger partial charge is 0.478 e. The van der Waals surface area contributed by atoms with Crippen LogP contribution in [0.25, 0.3) is 0 Å². The van der Waals surface area contributed by atoms with E-state index >= 15 is 0 Å². The summed E-state index contributed by atoms with van der Waals surface area (Å²) in [5.41, 5.74) is -0.863. The molecule has 0 amide bonds. The van der Waals surface area contributed by atoms with Crippen LogP contribution in [0, 0.1) is 0 Å². The first-order valence-electron chi connectivity index (χ1n) is 6.75. The lowest BCUT2D eigenvalue weighted by Gasteiger charge is -2.37. The molecule has 0 bridgehead atoms. The fraction of sp³-hybridized carbons (Fsp3) is 0.267. The monoisotopic (exact) mass is 302 g/mol. The van der Waals surface area contributed by atoms with Gasteiger partial charge >= 0.3 is 11.9 Å². The van der Waals surface area contributed by atoms with Gasteiger partial charge in [-0.05, 0) is 6.07 Å². The van der Waals surface area contributed by atoms with Crippen LogP contribution < -0.4 is 4.74 Å². The fourth-order valence-corrected chi connectivity index (χ4v) is 2.81. The molecule has 0 aromatic heterocycles. The van der Waals surface area contributed by atoms with E-state index in [1.165, 1.54) is 6.34 Å². The Labute approximate surface area is 126 Å². The summed E-state index contributed by atoms with van der Waals surface area (Å²) in [5, 5.41) is 18.5. The van der Waals surface area contributed by atoms with Crippen LogP contribution in [-0.4, -0.2) is 52.2 Å². The van der Waals surface area contributed by atoms with E-state index in [0.717, 1.165) is 5.56 Å². The minimum Gasteiger partial charge on any atom is -0.478 e. The van der Waals surface area contributed by atoms with E-state index in [9.17, 15) is 14.7 Å². The van der Waals surface area contributed by atoms with Gasteiger partial charge in [0, 0.05) is 24.6 Å². The molecule has 1 aromatic rings. The van der Waals surface area contributed by atoms with Crippen LogP contribution in [0.5, 0.6) is 5.75 Å². The summed E-state index contributed by atoms with van der Waals surface area (Å²) in [6, 6.07) is 7.20. The molecule has 0 aliphatic carbocycles. The first kappa shape index (κ1) is 14.1. The average Bonchev–Trinajstić information content (AvgIpc) is 3.11. The predicted octanol–water partition coefficient (Wildman–Crippen LogP) is 0.757. The Balaban J connectivity index is 2.11. The zero-order valence-corrected chi connectivity index (χ0v) is 11.6. The van der Waals surface area contributed by atoms with Crippen LogP contribution in [0.2, 0.25) is 0 Å². The number of hydrogen-bond donors (Lipinski definition) is 2. The molecule has 0 saturated heterocycles. The quantitative estimate of drug-likeness (QED) is 0.797. The molecule has 114 valence electrons. The van der Waals surface area contributed by atoms with Gasteiger partial charge in [-0.1, -0.05) is 18.2 Å². The minimum atomic E-state index is -1.38. The molecule has 7 nitrogen and oxygen atoms in total. The van der Waals surface area contributed by atoms with Gasteiger partial charge in [0.05, 0.1) is 12.9 Å². The van der Waals surface area contributed by atoms with Crippen molar-refractivity contribution in [3.8, 4) is 5.75 Å². The van der Waals surface area contributed by atoms with Gasteiger partial charge in [-0.2, -0.15) is 0 Å². The molecule has 0 spiro atoms. The summed E-state index contributed by atoms with van der Waals surface area (Å²) in [6.45, 7) is 0.986. The lowest BCUT2D eigenvalue weighted by Crippen LogP contribution is -2.54. The molecule has 7 heteroatoms. The lowest BCUT2D eigenvalue weighted by molar-refractivity contribution is -0.138. The highest BCUT2D eigenvalue weighted by Crippen LogP contribution is 2.41. The first-order chi connectivity index (χ1) is 10.5. The van der Waals surface area contributed by atoms with Crippen LogP contribution >= 0.6 is 0 Å². The van der Waals surface area contributed by atoms with E-state index in [-0.39, 0.29) is 12.0 Å². The number of aliphatic imine (C=N–C) groups is 1. The van der Waals surface area contributed by atoms with Gasteiger partial charge in [0.1, 0.15) is 11.3 Å². The molecular weight excluding hydrogens is 288 g/mol. The van der Waals surface area contributed by atoms with Crippen molar-refractivity contribution in [1.29, 1.82) is 0 Å². The number of para-hydroxylation sites is 1. The molecule has 2 aliphatic heterocycles. The predicted molar refractivity (Wildman–Crippen MR) is 76.9 cm³/mol. The third kappa shape index (κ3) is 2.20. The number of carboxylic acid groups (broad SMARTS) is 2. The Morgan fingerprint density at radius 3 is 2.68 bits per heavy atom. The summed E-state index contributed by atoms with van der Waals surface area (Å²) >= 11 is 0. The number of rotatable bonds is 4. The van der Waals surface area contributed by atoms with E-state index in [1.807, 2.05) is 12.1 Å². The summed E-state index contributed by atoms with van der Waals surface area (Å²) in [6.07, 6.45) is 2.46. The number of ether oxygens (including phenoxy) is 1. The zero-order valence-electron chi connectivity index (χ0n) is 11.6. The van der Waals surface area contributed by atoms with E-state index in [4.69, 9.17) is 9.84 Å². The zero-order chi connectivity index (χ0) is 15.7. The highest BCUT2D eigenvalue weighted by Gasteiger charge is 2.50. The maximum atomic E-state index is 11.7. The number of aliphatic carboxylic acids is 2. The first-order valence-corrected chi connectivity index (χ1v) is 6.75. The van der Waals surface area contributed by atoms with E-state index < -0.39 is 17.7 Å². The second-order valence-corrected chi connectivity index (χ2v) is 5.09. The van der Waals surface area contributed by atoms with Crippen LogP contribution in [0.1, 0.15) is 5.56 Å². The highest BCUT2D eigenvalue weighted by molar-refractivity contribution is 5.97. The van der Waals surface area contributed by atoms with Crippen molar-refractivity contribution < 1.29 is 24.5 Å². The van der Waals surface area contributed by atoms with Crippen LogP contribution in [0.4, 0.5) is 0 Å². The normalized spacial score (nSPS) is 23.3. The molecule has 1 atom stereocenters. The highest BCUT2D eigenvalue weighted by atomic mass is 16.5. The second kappa shape index (κ2) is 5.18. The fourth-order valence-electron chi connectivity index (χ4n) is 2.81. The number of nitrogens with zero attached hydrogens (tertiary/aromatic N) is 2. The molecule has 22 heavy (non-hydrogen) atoms. The smallest absolute Gasteiger partial charge is 0.337 e. The molecular formula is C15H14N2O5. The number of benzene rings is 1. The SMILES string of the molecule is O=C(O)C=C(C(=O)O)C1(N2C=NCC2)Cc2ccccc2O1. The molecule has 1 aromatic carbocycles. The molecule has 1 unspecified atom stereocenters. The van der Waals surface area contributed by atoms with E-state index in [1.54, 1.807) is 17.0 Å². The summed E-state index contributed by atoms with van der Waals surface area (Å²) in [7, 11) is 0. The maximum Gasteiger partial charge on any atom is 0.337 e. The van der Waals surface area contributed by atoms with Gasteiger partial charge in [-0.3, -0.25) is 4.99 Å². The second-order valence-electron chi connectivity index (χ2n) is 5.09. The molecule has 0 radical (unpaired) electrons. The third-order valence-electron chi connectivity index (χ3n) is 3.76. The van der Waals surface area contributed by atoms with Crippen molar-refractivity contribution >= 4 is 18.3 Å². The Hall–Kier alpha value is -2.83. The van der Waals surface area contributed by atoms with Crippen LogP contribution in [-0.2, 0) is 16.0 Å². The van der Waals surface area contributed by atoms with Gasteiger partial charge < -0.3 is 19.8 Å². The van der Waals surface area contributed by atoms with E-state index in [0.29, 0.717) is 24.9 Å². The van der Waals surface area contributed by atoms with Crippen molar-refractivity contribution in [2.75, 3.05) is 13.1 Å². The van der Waals surface area contributed by atoms with Gasteiger partial charge in [0.25, 0.3) is 0 Å². The Morgan fingerprint density at radius 1 is 1.32 bits per heavy atom. The third-order valence-corrected chi connectivity index (χ3v) is 3.76. The Kier molecular flexibility index (Phi) is 3.32. The van der Waals surface area contributed by atoms with Crippen LogP contribution in [0.3, 0.4) is 0 Å². The summed E-state index contributed by atoms with van der Waals surface area (Å²) < 4.78 is 5.93. The molecule has 2 aliphatic rings. The Morgan fingerprint density at radius 2 is 2.09 bits per heavy atom. The topological polar surface area (TPSA) is 99.4 Å². The lowest BCUT2D eigenvalue weighted by atomic mass is 9.95. The van der Waals surface area contributed by atoms with Gasteiger partial charge in [-0.25, -0.2) is 9.59 Å². The number of hydrogen-bond acceptors (Lipinski definition) is 5. The standard InChI is InChI=1S/C15H14N2O5/c18-13(19)7-11(14(20)21)15(17-6-5-16-9-17)8-10-3-1-2-4-12(10)22-15/h1-4,7,9H,5-6,8H2,(H,18,19)(H,20,21). The molecule has 0 saturated carbocycles. The van der Waals surface area contributed by atoms with Crippen molar-refractivity contribution in [3.05, 3.63) is 41.5 Å². The van der Waals surface area contributed by atoms with Crippen molar-refractivity contribution in [3.63, 3.8) is 0 Å². The average molecular weight is 302 g/mol. The van der Waals surface area contributed by atoms with Gasteiger partial charge in [0.2, 0.25) is 5.72 Å². The summed E-state index contributed by atoms with van der Waals surface area (Å²) in [5.74, 6) is -2.09. The van der Waals surface area contributed by atoms with Gasteiger partial charge in [0.15, 0.2) is 0 Å². The number of carbonyl (C=O) groups is 2. The minimum absolute atomic E-state index is 0.251.